The predicted octanol–water partition coefficient (Wildman–Crippen LogP) is 0.552. The first-order chi connectivity index (χ1) is 10.1. The largest absolute Gasteiger partial charge is 2.00 e. The normalized spacial score (nSPS) is 11.0. The van der Waals surface area contributed by atoms with Gasteiger partial charge in [0.1, 0.15) is 11.9 Å². The van der Waals surface area contributed by atoms with Gasteiger partial charge < -0.3 is 22.2 Å². The van der Waals surface area contributed by atoms with Gasteiger partial charge in [0.25, 0.3) is 0 Å². The van der Waals surface area contributed by atoms with E-state index >= 15 is 0 Å². The molecule has 0 bridgehead atoms. The topological polar surface area (TPSA) is 96.3 Å². The van der Waals surface area contributed by atoms with Gasteiger partial charge in [-0.2, -0.15) is 10.2 Å². The summed E-state index contributed by atoms with van der Waals surface area (Å²) < 4.78 is 6.38. The first kappa shape index (κ1) is 16.1. The van der Waals surface area contributed by atoms with Crippen LogP contribution in [0.25, 0.3) is 11.0 Å². The Morgan fingerprint density at radius 2 is 2.23 bits per heavy atom. The van der Waals surface area contributed by atoms with Crippen molar-refractivity contribution < 1.29 is 26.0 Å². The fourth-order valence-electron chi connectivity index (χ4n) is 1.93. The maximum Gasteiger partial charge on any atom is 2.00 e. The number of nitrogens with zero attached hydrogens (tertiary/aromatic N) is 4. The predicted molar refractivity (Wildman–Crippen MR) is 75.3 cm³/mol. The summed E-state index contributed by atoms with van der Waals surface area (Å²) in [7, 11) is 0. The van der Waals surface area contributed by atoms with Crippen LogP contribution in [0, 0.1) is 6.92 Å². The molecule has 114 valence electrons. The molecule has 0 spiro atoms. The maximum atomic E-state index is 12.0. The molecule has 0 unspecified atom stereocenters. The van der Waals surface area contributed by atoms with Crippen LogP contribution in [0.4, 0.5) is 0 Å². The van der Waals surface area contributed by atoms with Crippen LogP contribution in [0.2, 0.25) is 0 Å². The van der Waals surface area contributed by atoms with Crippen molar-refractivity contribution in [3.8, 4) is 5.75 Å². The third-order valence-corrected chi connectivity index (χ3v) is 3.20. The molecule has 3 aromatic rings. The molecule has 0 aliphatic heterocycles. The zero-order chi connectivity index (χ0) is 15.0. The van der Waals surface area contributed by atoms with E-state index in [-0.39, 0.29) is 38.5 Å². The number of benzene rings is 1. The van der Waals surface area contributed by atoms with E-state index in [0.717, 1.165) is 5.56 Å². The average Bonchev–Trinajstić information content (AvgIpc) is 2.83. The zero-order valence-electron chi connectivity index (χ0n) is 11.1. The number of rotatable bonds is 2. The van der Waals surface area contributed by atoms with Gasteiger partial charge in [0, 0.05) is 22.2 Å². The zero-order valence-corrected chi connectivity index (χ0v) is 12.9. The number of fused-ring (bicyclic) bond motifs is 1. The van der Waals surface area contributed by atoms with Crippen LogP contribution >= 0.6 is 0 Å². The smallest absolute Gasteiger partial charge is 0.872 e. The number of aryl methyl sites for hydroxylation is 1. The Hall–Kier alpha value is -2.25. The van der Waals surface area contributed by atoms with Crippen LogP contribution in [0.5, 0.6) is 5.75 Å². The van der Waals surface area contributed by atoms with Crippen molar-refractivity contribution >= 4 is 29.8 Å². The van der Waals surface area contributed by atoms with Crippen molar-refractivity contribution in [2.24, 2.45) is 5.10 Å². The fourth-order valence-corrected chi connectivity index (χ4v) is 2.07. The molecule has 0 N–H and O–H groups in total. The monoisotopic (exact) mass is 358 g/mol. The molecule has 0 atom stereocenters. The standard InChI is InChI=1S/C13H10N4O3S.Ni/c1-7-4-11(19)20-12-8(7)2-3-10(18)9(12)5-15-17-6-14-16-13(17)21;/h2-6,18H,1H3,(H,16,21);/q;+2/p-2/b15-5+;. The minimum atomic E-state index is -0.520. The van der Waals surface area contributed by atoms with Gasteiger partial charge in [-0.05, 0) is 12.5 Å². The minimum absolute atomic E-state index is 0. The summed E-state index contributed by atoms with van der Waals surface area (Å²) in [6.45, 7) is 1.77. The van der Waals surface area contributed by atoms with Crippen LogP contribution in [0.1, 0.15) is 11.1 Å². The molecule has 0 amide bonds. The van der Waals surface area contributed by atoms with Crippen molar-refractivity contribution in [3.63, 3.8) is 0 Å². The fraction of sp³-hybridized carbons (Fsp3) is 0.0769. The summed E-state index contributed by atoms with van der Waals surface area (Å²) in [4.78, 5) is 11.5. The molecule has 9 heteroatoms. The van der Waals surface area contributed by atoms with E-state index in [1.807, 2.05) is 0 Å². The van der Waals surface area contributed by atoms with Crippen LogP contribution in [-0.4, -0.2) is 21.1 Å². The third-order valence-electron chi connectivity index (χ3n) is 2.93. The number of hydrogen-bond donors (Lipinski definition) is 0. The van der Waals surface area contributed by atoms with Gasteiger partial charge in [-0.25, -0.2) is 9.47 Å². The summed E-state index contributed by atoms with van der Waals surface area (Å²) >= 11 is 4.90. The molecule has 1 aromatic carbocycles. The van der Waals surface area contributed by atoms with Gasteiger partial charge in [0.2, 0.25) is 0 Å². The first-order valence-corrected chi connectivity index (χ1v) is 6.33. The van der Waals surface area contributed by atoms with Crippen LogP contribution < -0.4 is 10.7 Å². The Morgan fingerprint density at radius 3 is 2.91 bits per heavy atom. The quantitative estimate of drug-likeness (QED) is 0.287. The molecule has 3 rings (SSSR count). The second-order valence-corrected chi connectivity index (χ2v) is 4.67. The molecular weight excluding hydrogens is 351 g/mol. The summed E-state index contributed by atoms with van der Waals surface area (Å²) in [5.74, 6) is -0.306. The molecule has 0 radical (unpaired) electrons. The molecular formula is C13H8N4NiO3S. The average molecular weight is 359 g/mol. The van der Waals surface area contributed by atoms with E-state index in [9.17, 15) is 9.90 Å². The third kappa shape index (κ3) is 2.86. The van der Waals surface area contributed by atoms with Gasteiger partial charge in [-0.3, -0.25) is 0 Å². The summed E-state index contributed by atoms with van der Waals surface area (Å²) in [5.41, 5.74) is 0.587. The van der Waals surface area contributed by atoms with Gasteiger partial charge in [-0.1, -0.05) is 17.9 Å². The van der Waals surface area contributed by atoms with E-state index in [1.54, 1.807) is 13.0 Å². The van der Waals surface area contributed by atoms with E-state index in [1.165, 1.54) is 29.4 Å². The first-order valence-electron chi connectivity index (χ1n) is 5.92. The molecule has 0 saturated carbocycles. The Kier molecular flexibility index (Phi) is 4.58. The van der Waals surface area contributed by atoms with Gasteiger partial charge in [-0.15, -0.1) is 5.10 Å². The van der Waals surface area contributed by atoms with Gasteiger partial charge in [0.15, 0.2) is 0 Å². The molecule has 22 heavy (non-hydrogen) atoms. The van der Waals surface area contributed by atoms with E-state index in [2.05, 4.69) is 15.3 Å². The van der Waals surface area contributed by atoms with E-state index in [0.29, 0.717) is 5.39 Å². The SMILES string of the molecule is Cc1cc(=O)oc2c(/C=N/n3cnnc3[S-])c([O-])ccc12.[Ni+2]. The molecule has 0 fully saturated rings. The second kappa shape index (κ2) is 6.25. The van der Waals surface area contributed by atoms with Gasteiger partial charge >= 0.3 is 22.1 Å². The maximum absolute atomic E-state index is 12.0. The molecule has 7 nitrogen and oxygen atoms in total. The summed E-state index contributed by atoms with van der Waals surface area (Å²) in [6.07, 6.45) is 2.60. The van der Waals surface area contributed by atoms with Crippen molar-refractivity contribution in [1.29, 1.82) is 0 Å². The number of aromatic nitrogens is 3. The Balaban J connectivity index is 0.00000176. The Bertz CT molecular complexity index is 919. The Labute approximate surface area is 140 Å². The van der Waals surface area contributed by atoms with Crippen LogP contribution in [-0.2, 0) is 29.1 Å². The summed E-state index contributed by atoms with van der Waals surface area (Å²) in [5, 5.41) is 24.0. The molecule has 2 aromatic heterocycles. The van der Waals surface area contributed by atoms with Crippen LogP contribution in [0.3, 0.4) is 0 Å². The van der Waals surface area contributed by atoms with E-state index in [4.69, 9.17) is 17.0 Å². The summed E-state index contributed by atoms with van der Waals surface area (Å²) in [6, 6.07) is 4.39. The minimum Gasteiger partial charge on any atom is -0.872 e. The van der Waals surface area contributed by atoms with Gasteiger partial charge in [0.05, 0.1) is 6.21 Å². The van der Waals surface area contributed by atoms with Crippen molar-refractivity contribution in [2.45, 2.75) is 12.1 Å². The second-order valence-electron chi connectivity index (χ2n) is 4.31. The molecule has 0 aliphatic carbocycles. The Morgan fingerprint density at radius 1 is 1.45 bits per heavy atom. The van der Waals surface area contributed by atoms with Crippen molar-refractivity contribution in [3.05, 3.63) is 46.1 Å². The van der Waals surface area contributed by atoms with Crippen molar-refractivity contribution in [1.82, 2.24) is 14.9 Å². The number of hydrogen-bond acceptors (Lipinski definition) is 7. The molecule has 0 aliphatic rings. The van der Waals surface area contributed by atoms with Crippen LogP contribution in [0.15, 0.2) is 44.0 Å². The van der Waals surface area contributed by atoms with Crippen molar-refractivity contribution in [2.75, 3.05) is 0 Å². The molecule has 0 saturated heterocycles. The molecule has 2 heterocycles. The van der Waals surface area contributed by atoms with E-state index < -0.39 is 5.63 Å².